The van der Waals surface area contributed by atoms with Crippen LogP contribution in [0.5, 0.6) is 0 Å². The first-order valence-electron chi connectivity index (χ1n) is 6.65. The summed E-state index contributed by atoms with van der Waals surface area (Å²) >= 11 is 0. The fourth-order valence-electron chi connectivity index (χ4n) is 2.17. The number of para-hydroxylation sites is 1. The van der Waals surface area contributed by atoms with E-state index in [2.05, 4.69) is 52.6 Å². The van der Waals surface area contributed by atoms with E-state index in [1.807, 2.05) is 25.4 Å². The molecule has 0 saturated heterocycles. The maximum Gasteiger partial charge on any atom is 0.0421 e. The fraction of sp³-hybridized carbons (Fsp3) is 0.312. The lowest BCUT2D eigenvalue weighted by Crippen LogP contribution is -2.22. The molecule has 0 aliphatic heterocycles. The van der Waals surface area contributed by atoms with Gasteiger partial charge in [-0.3, -0.25) is 4.98 Å². The number of anilines is 1. The third kappa shape index (κ3) is 3.80. The van der Waals surface area contributed by atoms with Crippen LogP contribution in [-0.2, 0) is 13.0 Å². The average Bonchev–Trinajstić information content (AvgIpc) is 2.47. The quantitative estimate of drug-likeness (QED) is 0.859. The van der Waals surface area contributed by atoms with Crippen molar-refractivity contribution in [3.63, 3.8) is 0 Å². The summed E-state index contributed by atoms with van der Waals surface area (Å²) in [6.45, 7) is 1.86. The standard InChI is InChI=1S/C16H21N3/c1-17-13-14-7-3-4-9-16(14)19(2)12-10-15-8-5-6-11-18-15/h3-9,11,17H,10,12-13H2,1-2H3. The summed E-state index contributed by atoms with van der Waals surface area (Å²) in [5, 5.41) is 3.21. The largest absolute Gasteiger partial charge is 0.374 e. The molecule has 0 radical (unpaired) electrons. The zero-order valence-electron chi connectivity index (χ0n) is 11.6. The van der Waals surface area contributed by atoms with E-state index in [0.29, 0.717) is 0 Å². The number of nitrogens with one attached hydrogen (secondary N) is 1. The Hall–Kier alpha value is -1.87. The zero-order valence-corrected chi connectivity index (χ0v) is 11.6. The summed E-state index contributed by atoms with van der Waals surface area (Å²) < 4.78 is 0. The minimum Gasteiger partial charge on any atom is -0.374 e. The molecule has 3 heteroatoms. The Balaban J connectivity index is 2.01. The Morgan fingerprint density at radius 3 is 2.63 bits per heavy atom. The van der Waals surface area contributed by atoms with Crippen LogP contribution in [0.2, 0.25) is 0 Å². The van der Waals surface area contributed by atoms with E-state index in [-0.39, 0.29) is 0 Å². The van der Waals surface area contributed by atoms with Gasteiger partial charge in [0.2, 0.25) is 0 Å². The van der Waals surface area contributed by atoms with Crippen LogP contribution in [0, 0.1) is 0 Å². The van der Waals surface area contributed by atoms with Crippen molar-refractivity contribution >= 4 is 5.69 Å². The van der Waals surface area contributed by atoms with Gasteiger partial charge in [-0.15, -0.1) is 0 Å². The first-order chi connectivity index (χ1) is 9.31. The Labute approximate surface area is 115 Å². The molecule has 0 aliphatic rings. The molecule has 100 valence electrons. The van der Waals surface area contributed by atoms with Crippen LogP contribution in [-0.4, -0.2) is 25.6 Å². The van der Waals surface area contributed by atoms with Gasteiger partial charge in [-0.2, -0.15) is 0 Å². The predicted octanol–water partition coefficient (Wildman–Crippen LogP) is 2.48. The van der Waals surface area contributed by atoms with Crippen molar-refractivity contribution < 1.29 is 0 Å². The maximum atomic E-state index is 4.36. The Morgan fingerprint density at radius 2 is 1.89 bits per heavy atom. The highest BCUT2D eigenvalue weighted by Gasteiger charge is 2.06. The SMILES string of the molecule is CNCc1ccccc1N(C)CCc1ccccn1. The van der Waals surface area contributed by atoms with Crippen LogP contribution in [0.3, 0.4) is 0 Å². The lowest BCUT2D eigenvalue weighted by atomic mass is 10.1. The van der Waals surface area contributed by atoms with Crippen molar-refractivity contribution in [2.45, 2.75) is 13.0 Å². The first-order valence-corrected chi connectivity index (χ1v) is 6.65. The molecule has 0 amide bonds. The average molecular weight is 255 g/mol. The van der Waals surface area contributed by atoms with E-state index >= 15 is 0 Å². The number of likely N-dealkylation sites (N-methyl/N-ethyl adjacent to an activating group) is 1. The Kier molecular flexibility index (Phi) is 4.93. The molecule has 19 heavy (non-hydrogen) atoms. The molecule has 2 rings (SSSR count). The minimum absolute atomic E-state index is 0.893. The molecule has 0 bridgehead atoms. The van der Waals surface area contributed by atoms with Gasteiger partial charge in [-0.1, -0.05) is 24.3 Å². The topological polar surface area (TPSA) is 28.2 Å². The van der Waals surface area contributed by atoms with Gasteiger partial charge in [0.05, 0.1) is 0 Å². The van der Waals surface area contributed by atoms with E-state index in [1.165, 1.54) is 11.3 Å². The number of rotatable bonds is 6. The minimum atomic E-state index is 0.893. The van der Waals surface area contributed by atoms with E-state index in [4.69, 9.17) is 0 Å². The van der Waals surface area contributed by atoms with Gasteiger partial charge in [-0.05, 0) is 30.8 Å². The number of hydrogen-bond donors (Lipinski definition) is 1. The third-order valence-electron chi connectivity index (χ3n) is 3.20. The number of nitrogens with zero attached hydrogens (tertiary/aromatic N) is 2. The van der Waals surface area contributed by atoms with E-state index in [9.17, 15) is 0 Å². The van der Waals surface area contributed by atoms with Gasteiger partial charge in [0.25, 0.3) is 0 Å². The van der Waals surface area contributed by atoms with Crippen LogP contribution in [0.4, 0.5) is 5.69 Å². The molecule has 3 nitrogen and oxygen atoms in total. The summed E-state index contributed by atoms with van der Waals surface area (Å²) in [6, 6.07) is 14.6. The monoisotopic (exact) mass is 255 g/mol. The molecular formula is C16H21N3. The van der Waals surface area contributed by atoms with Crippen molar-refractivity contribution in [3.05, 3.63) is 59.9 Å². The molecule has 0 spiro atoms. The van der Waals surface area contributed by atoms with Crippen molar-refractivity contribution in [2.75, 3.05) is 25.5 Å². The van der Waals surface area contributed by atoms with Crippen LogP contribution in [0.1, 0.15) is 11.3 Å². The summed E-state index contributed by atoms with van der Waals surface area (Å²) in [7, 11) is 4.11. The summed E-state index contributed by atoms with van der Waals surface area (Å²) in [4.78, 5) is 6.66. The Bertz CT molecular complexity index is 496. The second-order valence-corrected chi connectivity index (χ2v) is 4.65. The molecule has 1 heterocycles. The molecular weight excluding hydrogens is 234 g/mol. The second-order valence-electron chi connectivity index (χ2n) is 4.65. The summed E-state index contributed by atoms with van der Waals surface area (Å²) in [5.41, 5.74) is 3.75. The normalized spacial score (nSPS) is 10.4. The van der Waals surface area contributed by atoms with Crippen LogP contribution in [0.25, 0.3) is 0 Å². The molecule has 0 aliphatic carbocycles. The van der Waals surface area contributed by atoms with E-state index < -0.39 is 0 Å². The second kappa shape index (κ2) is 6.90. The highest BCUT2D eigenvalue weighted by Crippen LogP contribution is 2.19. The predicted molar refractivity (Wildman–Crippen MR) is 80.4 cm³/mol. The molecule has 1 aromatic heterocycles. The van der Waals surface area contributed by atoms with Crippen molar-refractivity contribution in [1.82, 2.24) is 10.3 Å². The van der Waals surface area contributed by atoms with Gasteiger partial charge in [0, 0.05) is 44.1 Å². The molecule has 1 N–H and O–H groups in total. The molecule has 0 atom stereocenters. The zero-order chi connectivity index (χ0) is 13.5. The van der Waals surface area contributed by atoms with Gasteiger partial charge >= 0.3 is 0 Å². The molecule has 0 fully saturated rings. The van der Waals surface area contributed by atoms with Crippen molar-refractivity contribution in [3.8, 4) is 0 Å². The van der Waals surface area contributed by atoms with E-state index in [0.717, 1.165) is 25.2 Å². The van der Waals surface area contributed by atoms with Crippen LogP contribution in [0.15, 0.2) is 48.7 Å². The Morgan fingerprint density at radius 1 is 1.11 bits per heavy atom. The lowest BCUT2D eigenvalue weighted by molar-refractivity contribution is 0.798. The molecule has 2 aromatic rings. The fourth-order valence-corrected chi connectivity index (χ4v) is 2.17. The van der Waals surface area contributed by atoms with E-state index in [1.54, 1.807) is 0 Å². The molecule has 0 saturated carbocycles. The van der Waals surface area contributed by atoms with Gasteiger partial charge in [-0.25, -0.2) is 0 Å². The third-order valence-corrected chi connectivity index (χ3v) is 3.20. The highest BCUT2D eigenvalue weighted by atomic mass is 15.1. The number of hydrogen-bond acceptors (Lipinski definition) is 3. The number of pyridine rings is 1. The smallest absolute Gasteiger partial charge is 0.0421 e. The molecule has 1 aromatic carbocycles. The van der Waals surface area contributed by atoms with Gasteiger partial charge < -0.3 is 10.2 Å². The van der Waals surface area contributed by atoms with Crippen LogP contribution >= 0.6 is 0 Å². The van der Waals surface area contributed by atoms with Gasteiger partial charge in [0.1, 0.15) is 0 Å². The van der Waals surface area contributed by atoms with Gasteiger partial charge in [0.15, 0.2) is 0 Å². The number of aromatic nitrogens is 1. The summed E-state index contributed by atoms with van der Waals surface area (Å²) in [5.74, 6) is 0. The first kappa shape index (κ1) is 13.6. The van der Waals surface area contributed by atoms with Crippen molar-refractivity contribution in [2.24, 2.45) is 0 Å². The van der Waals surface area contributed by atoms with Crippen molar-refractivity contribution in [1.29, 1.82) is 0 Å². The molecule has 0 unspecified atom stereocenters. The lowest BCUT2D eigenvalue weighted by Gasteiger charge is -2.22. The highest BCUT2D eigenvalue weighted by molar-refractivity contribution is 5.53. The van der Waals surface area contributed by atoms with Crippen LogP contribution < -0.4 is 10.2 Å². The number of benzene rings is 1. The maximum absolute atomic E-state index is 4.36. The summed E-state index contributed by atoms with van der Waals surface area (Å²) in [6.07, 6.45) is 2.81.